The summed E-state index contributed by atoms with van der Waals surface area (Å²) in [5.74, 6) is -0.419. The molecular formula is C15H23NO4. The fourth-order valence-electron chi connectivity index (χ4n) is 2.82. The predicted molar refractivity (Wildman–Crippen MR) is 74.1 cm³/mol. The number of hydrogen-bond donors (Lipinski definition) is 1. The fourth-order valence-corrected chi connectivity index (χ4v) is 2.82. The topological polar surface area (TPSA) is 64.6 Å². The van der Waals surface area contributed by atoms with Gasteiger partial charge in [0.15, 0.2) is 5.72 Å². The van der Waals surface area contributed by atoms with E-state index < -0.39 is 17.4 Å². The minimum Gasteiger partial charge on any atom is -0.444 e. The maximum atomic E-state index is 12.4. The van der Waals surface area contributed by atoms with Gasteiger partial charge in [0, 0.05) is 5.92 Å². The quantitative estimate of drug-likeness (QED) is 0.789. The summed E-state index contributed by atoms with van der Waals surface area (Å²) in [6.07, 6.45) is 3.42. The summed E-state index contributed by atoms with van der Waals surface area (Å²) in [5.41, 5.74) is -1.64. The van der Waals surface area contributed by atoms with Crippen LogP contribution in [-0.2, 0) is 14.3 Å². The van der Waals surface area contributed by atoms with Crippen LogP contribution in [0.15, 0.2) is 12.2 Å². The van der Waals surface area contributed by atoms with E-state index in [0.717, 1.165) is 0 Å². The number of ketones is 1. The number of amides is 1. The van der Waals surface area contributed by atoms with Crippen LogP contribution < -0.4 is 5.32 Å². The Labute approximate surface area is 119 Å². The maximum Gasteiger partial charge on any atom is 0.410 e. The van der Waals surface area contributed by atoms with Gasteiger partial charge >= 0.3 is 6.09 Å². The van der Waals surface area contributed by atoms with Crippen LogP contribution in [0.3, 0.4) is 0 Å². The lowest BCUT2D eigenvalue weighted by Gasteiger charge is -2.42. The smallest absolute Gasteiger partial charge is 0.410 e. The molecule has 2 rings (SSSR count). The number of alkyl carbamates (subject to hydrolysis) is 1. The third-order valence-corrected chi connectivity index (χ3v) is 3.77. The molecule has 0 saturated carbocycles. The molecular weight excluding hydrogens is 258 g/mol. The van der Waals surface area contributed by atoms with Gasteiger partial charge in [-0.15, -0.1) is 0 Å². The van der Waals surface area contributed by atoms with Crippen molar-refractivity contribution in [1.82, 2.24) is 5.32 Å². The van der Waals surface area contributed by atoms with E-state index in [2.05, 4.69) is 5.32 Å². The van der Waals surface area contributed by atoms with Gasteiger partial charge in [0.2, 0.25) is 0 Å². The highest BCUT2D eigenvalue weighted by molar-refractivity contribution is 5.87. The first-order chi connectivity index (χ1) is 9.18. The SMILES string of the molecule is CC[C@H]1C(=O)[C@@H](C)[C@H]2C=C[C@]1(NC(=O)OC(C)(C)C)O2. The average Bonchev–Trinajstić information content (AvgIpc) is 2.66. The Bertz CT molecular complexity index is 451. The van der Waals surface area contributed by atoms with Crippen molar-refractivity contribution in [3.8, 4) is 0 Å². The standard InChI is InChI=1S/C15H23NO4/c1-6-10-12(17)9(2)11-7-8-15(10,19-11)16-13(18)20-14(3,4)5/h7-11H,6H2,1-5H3,(H,16,18)/t9-,10-,11+,15-/m0/s1. The van der Waals surface area contributed by atoms with Crippen LogP contribution in [0.2, 0.25) is 0 Å². The molecule has 1 fully saturated rings. The van der Waals surface area contributed by atoms with E-state index >= 15 is 0 Å². The van der Waals surface area contributed by atoms with Crippen molar-refractivity contribution < 1.29 is 19.1 Å². The van der Waals surface area contributed by atoms with E-state index in [1.54, 1.807) is 26.8 Å². The molecule has 1 saturated heterocycles. The van der Waals surface area contributed by atoms with Gasteiger partial charge in [-0.3, -0.25) is 10.1 Å². The minimum absolute atomic E-state index is 0.129. The van der Waals surface area contributed by atoms with Gasteiger partial charge in [-0.05, 0) is 33.3 Å². The summed E-state index contributed by atoms with van der Waals surface area (Å²) in [4.78, 5) is 24.4. The molecule has 0 aliphatic carbocycles. The Morgan fingerprint density at radius 1 is 1.50 bits per heavy atom. The highest BCUT2D eigenvalue weighted by atomic mass is 16.6. The molecule has 20 heavy (non-hydrogen) atoms. The van der Waals surface area contributed by atoms with Gasteiger partial charge in [-0.1, -0.05) is 19.9 Å². The van der Waals surface area contributed by atoms with E-state index in [4.69, 9.17) is 9.47 Å². The van der Waals surface area contributed by atoms with Crippen LogP contribution in [0.4, 0.5) is 4.79 Å². The predicted octanol–water partition coefficient (Wildman–Crippen LogP) is 2.41. The van der Waals surface area contributed by atoms with Gasteiger partial charge in [-0.25, -0.2) is 4.79 Å². The van der Waals surface area contributed by atoms with Crippen LogP contribution in [0.5, 0.6) is 0 Å². The molecule has 4 atom stereocenters. The Hall–Kier alpha value is -1.36. The molecule has 1 N–H and O–H groups in total. The summed E-state index contributed by atoms with van der Waals surface area (Å²) in [6, 6.07) is 0. The van der Waals surface area contributed by atoms with Gasteiger partial charge < -0.3 is 9.47 Å². The monoisotopic (exact) mass is 281 g/mol. The first-order valence-electron chi connectivity index (χ1n) is 7.10. The van der Waals surface area contributed by atoms with Crippen molar-refractivity contribution in [2.45, 2.75) is 58.5 Å². The van der Waals surface area contributed by atoms with Crippen LogP contribution in [0, 0.1) is 11.8 Å². The Balaban J connectivity index is 2.19. The van der Waals surface area contributed by atoms with Gasteiger partial charge in [0.25, 0.3) is 0 Å². The second-order valence-electron chi connectivity index (χ2n) is 6.51. The van der Waals surface area contributed by atoms with Crippen LogP contribution in [-0.4, -0.2) is 29.3 Å². The average molecular weight is 281 g/mol. The first kappa shape index (κ1) is 15.0. The summed E-state index contributed by atoms with van der Waals surface area (Å²) in [6.45, 7) is 9.17. The Kier molecular flexibility index (Phi) is 3.67. The summed E-state index contributed by atoms with van der Waals surface area (Å²) < 4.78 is 11.2. The molecule has 2 aliphatic rings. The van der Waals surface area contributed by atoms with E-state index in [0.29, 0.717) is 6.42 Å². The van der Waals surface area contributed by atoms with E-state index in [-0.39, 0.29) is 23.7 Å². The number of nitrogens with one attached hydrogen (secondary N) is 1. The van der Waals surface area contributed by atoms with Gasteiger partial charge in [-0.2, -0.15) is 0 Å². The third kappa shape index (κ3) is 2.59. The largest absolute Gasteiger partial charge is 0.444 e. The zero-order valence-electron chi connectivity index (χ0n) is 12.7. The number of hydrogen-bond acceptors (Lipinski definition) is 4. The van der Waals surface area contributed by atoms with E-state index in [1.807, 2.05) is 19.9 Å². The molecule has 2 aliphatic heterocycles. The minimum atomic E-state index is -1.05. The van der Waals surface area contributed by atoms with Crippen molar-refractivity contribution in [3.63, 3.8) is 0 Å². The maximum absolute atomic E-state index is 12.4. The molecule has 0 aromatic heterocycles. The van der Waals surface area contributed by atoms with Crippen molar-refractivity contribution in [3.05, 3.63) is 12.2 Å². The molecule has 0 aromatic rings. The van der Waals surface area contributed by atoms with Crippen molar-refractivity contribution in [1.29, 1.82) is 0 Å². The number of carbonyl (C=O) groups is 2. The lowest BCUT2D eigenvalue weighted by Crippen LogP contribution is -2.61. The number of Topliss-reactive ketones (excluding diaryl/α,β-unsaturated/α-hetero) is 1. The highest BCUT2D eigenvalue weighted by Gasteiger charge is 2.54. The second kappa shape index (κ2) is 4.88. The van der Waals surface area contributed by atoms with Crippen molar-refractivity contribution in [2.24, 2.45) is 11.8 Å². The van der Waals surface area contributed by atoms with Gasteiger partial charge in [0.1, 0.15) is 11.4 Å². The first-order valence-corrected chi connectivity index (χ1v) is 7.10. The van der Waals surface area contributed by atoms with Crippen molar-refractivity contribution >= 4 is 11.9 Å². The molecule has 0 spiro atoms. The number of fused-ring (bicyclic) bond motifs is 2. The third-order valence-electron chi connectivity index (χ3n) is 3.77. The Morgan fingerprint density at radius 2 is 2.15 bits per heavy atom. The second-order valence-corrected chi connectivity index (χ2v) is 6.51. The van der Waals surface area contributed by atoms with Gasteiger partial charge in [0.05, 0.1) is 12.0 Å². The molecule has 1 amide bonds. The van der Waals surface area contributed by atoms with Crippen LogP contribution in [0.1, 0.15) is 41.0 Å². The highest BCUT2D eigenvalue weighted by Crippen LogP contribution is 2.41. The zero-order valence-corrected chi connectivity index (χ0v) is 12.7. The Morgan fingerprint density at radius 3 is 2.70 bits per heavy atom. The molecule has 112 valence electrons. The molecule has 5 heteroatoms. The number of carbonyl (C=O) groups excluding carboxylic acids is 2. The number of rotatable bonds is 2. The zero-order chi connectivity index (χ0) is 15.1. The molecule has 2 bridgehead atoms. The molecule has 2 heterocycles. The number of ether oxygens (including phenoxy) is 2. The fraction of sp³-hybridized carbons (Fsp3) is 0.733. The van der Waals surface area contributed by atoms with Crippen LogP contribution in [0.25, 0.3) is 0 Å². The van der Waals surface area contributed by atoms with E-state index in [1.165, 1.54) is 0 Å². The molecule has 0 unspecified atom stereocenters. The molecule has 0 radical (unpaired) electrons. The van der Waals surface area contributed by atoms with Crippen molar-refractivity contribution in [2.75, 3.05) is 0 Å². The van der Waals surface area contributed by atoms with E-state index in [9.17, 15) is 9.59 Å². The lowest BCUT2D eigenvalue weighted by atomic mass is 9.81. The van der Waals surface area contributed by atoms with Crippen LogP contribution >= 0.6 is 0 Å². The normalized spacial score (nSPS) is 36.0. The summed E-state index contributed by atoms with van der Waals surface area (Å²) in [7, 11) is 0. The summed E-state index contributed by atoms with van der Waals surface area (Å²) >= 11 is 0. The summed E-state index contributed by atoms with van der Waals surface area (Å²) in [5, 5.41) is 2.74. The lowest BCUT2D eigenvalue weighted by molar-refractivity contribution is -0.166. The molecule has 5 nitrogen and oxygen atoms in total. The molecule has 0 aromatic carbocycles.